The van der Waals surface area contributed by atoms with Crippen LogP contribution in [0.25, 0.3) is 0 Å². The first-order chi connectivity index (χ1) is 9.23. The van der Waals surface area contributed by atoms with Gasteiger partial charge in [0.05, 0.1) is 11.6 Å². The fraction of sp³-hybridized carbons (Fsp3) is 0.625. The van der Waals surface area contributed by atoms with Crippen LogP contribution >= 0.6 is 0 Å². The van der Waals surface area contributed by atoms with E-state index in [-0.39, 0.29) is 11.6 Å². The fourth-order valence-corrected chi connectivity index (χ4v) is 3.37. The highest BCUT2D eigenvalue weighted by Gasteiger charge is 2.40. The van der Waals surface area contributed by atoms with E-state index in [4.69, 9.17) is 10.6 Å². The summed E-state index contributed by atoms with van der Waals surface area (Å²) in [5.74, 6) is 5.89. The molecule has 3 heteroatoms. The number of ether oxygens (including phenoxy) is 1. The predicted octanol–water partition coefficient (Wildman–Crippen LogP) is 3.24. The summed E-state index contributed by atoms with van der Waals surface area (Å²) in [6, 6.07) is 8.51. The Balaban J connectivity index is 2.35. The molecule has 1 unspecified atom stereocenters. The molecule has 1 saturated carbocycles. The molecule has 19 heavy (non-hydrogen) atoms. The summed E-state index contributed by atoms with van der Waals surface area (Å²) in [4.78, 5) is 0. The minimum absolute atomic E-state index is 0.0665. The quantitative estimate of drug-likeness (QED) is 0.497. The highest BCUT2D eigenvalue weighted by Crippen LogP contribution is 2.40. The molecule has 1 aliphatic rings. The van der Waals surface area contributed by atoms with Crippen LogP contribution in [0.15, 0.2) is 24.3 Å². The molecule has 3 N–H and O–H groups in total. The van der Waals surface area contributed by atoms with Crippen LogP contribution in [0, 0.1) is 6.92 Å². The number of hydrazine groups is 1. The van der Waals surface area contributed by atoms with Gasteiger partial charge in [0.15, 0.2) is 0 Å². The zero-order valence-corrected chi connectivity index (χ0v) is 12.1. The van der Waals surface area contributed by atoms with Crippen LogP contribution in [-0.2, 0) is 4.74 Å². The number of hydrogen-bond acceptors (Lipinski definition) is 3. The van der Waals surface area contributed by atoms with E-state index in [1.165, 1.54) is 36.8 Å². The van der Waals surface area contributed by atoms with Crippen molar-refractivity contribution in [2.24, 2.45) is 5.84 Å². The number of hydrogen-bond donors (Lipinski definition) is 2. The van der Waals surface area contributed by atoms with E-state index in [1.807, 2.05) is 7.11 Å². The molecule has 0 aromatic heterocycles. The number of aryl methyl sites for hydroxylation is 1. The van der Waals surface area contributed by atoms with Crippen LogP contribution in [0.4, 0.5) is 0 Å². The second kappa shape index (κ2) is 6.51. The lowest BCUT2D eigenvalue weighted by atomic mass is 9.81. The van der Waals surface area contributed by atoms with Crippen LogP contribution in [0.3, 0.4) is 0 Å². The lowest BCUT2D eigenvalue weighted by molar-refractivity contribution is -0.0542. The second-order valence-corrected chi connectivity index (χ2v) is 5.64. The highest BCUT2D eigenvalue weighted by atomic mass is 16.5. The van der Waals surface area contributed by atoms with E-state index in [0.717, 1.165) is 12.8 Å². The molecule has 0 bridgehead atoms. The lowest BCUT2D eigenvalue weighted by Gasteiger charge is -2.39. The number of nitrogens with one attached hydrogen (secondary N) is 1. The Morgan fingerprint density at radius 1 is 1.16 bits per heavy atom. The van der Waals surface area contributed by atoms with Crippen molar-refractivity contribution >= 4 is 0 Å². The molecule has 0 spiro atoms. The SMILES string of the molecule is COC1(C(NN)c2ccccc2C)CCCCCC1. The van der Waals surface area contributed by atoms with Crippen molar-refractivity contribution in [3.8, 4) is 0 Å². The summed E-state index contributed by atoms with van der Waals surface area (Å²) in [5.41, 5.74) is 5.38. The van der Waals surface area contributed by atoms with Crippen LogP contribution in [0.5, 0.6) is 0 Å². The van der Waals surface area contributed by atoms with Gasteiger partial charge in [0.2, 0.25) is 0 Å². The van der Waals surface area contributed by atoms with Gasteiger partial charge in [0.25, 0.3) is 0 Å². The van der Waals surface area contributed by atoms with Crippen molar-refractivity contribution in [2.75, 3.05) is 7.11 Å². The zero-order valence-electron chi connectivity index (χ0n) is 12.1. The maximum absolute atomic E-state index is 5.98. The standard InChI is InChI=1S/C16H26N2O/c1-13-9-5-6-10-14(13)15(18-17)16(19-2)11-7-3-4-8-12-16/h5-6,9-10,15,18H,3-4,7-8,11-12,17H2,1-2H3. The van der Waals surface area contributed by atoms with Crippen LogP contribution < -0.4 is 11.3 Å². The Morgan fingerprint density at radius 2 is 1.79 bits per heavy atom. The van der Waals surface area contributed by atoms with Crippen molar-refractivity contribution in [3.05, 3.63) is 35.4 Å². The summed E-state index contributed by atoms with van der Waals surface area (Å²) in [7, 11) is 1.83. The monoisotopic (exact) mass is 262 g/mol. The van der Waals surface area contributed by atoms with Gasteiger partial charge in [0, 0.05) is 7.11 Å². The number of nitrogens with two attached hydrogens (primary N) is 1. The Bertz CT molecular complexity index is 397. The predicted molar refractivity (Wildman–Crippen MR) is 78.7 cm³/mol. The highest BCUT2D eigenvalue weighted by molar-refractivity contribution is 5.31. The van der Waals surface area contributed by atoms with E-state index < -0.39 is 0 Å². The average molecular weight is 262 g/mol. The second-order valence-electron chi connectivity index (χ2n) is 5.64. The lowest BCUT2D eigenvalue weighted by Crippen LogP contribution is -2.48. The Labute approximate surface area is 116 Å². The molecule has 0 saturated heterocycles. The number of methoxy groups -OCH3 is 1. The minimum Gasteiger partial charge on any atom is -0.376 e. The van der Waals surface area contributed by atoms with Gasteiger partial charge >= 0.3 is 0 Å². The summed E-state index contributed by atoms with van der Waals surface area (Å²) in [5, 5.41) is 0. The molecule has 3 nitrogen and oxygen atoms in total. The van der Waals surface area contributed by atoms with Gasteiger partial charge in [-0.15, -0.1) is 0 Å². The van der Waals surface area contributed by atoms with Crippen LogP contribution in [0.1, 0.15) is 55.7 Å². The van der Waals surface area contributed by atoms with Gasteiger partial charge in [-0.1, -0.05) is 49.9 Å². The molecule has 1 aromatic carbocycles. The maximum Gasteiger partial charge on any atom is 0.0885 e. The molecule has 1 aromatic rings. The minimum atomic E-state index is -0.169. The van der Waals surface area contributed by atoms with Gasteiger partial charge in [-0.2, -0.15) is 0 Å². The summed E-state index contributed by atoms with van der Waals surface area (Å²) < 4.78 is 5.98. The van der Waals surface area contributed by atoms with Crippen molar-refractivity contribution in [1.29, 1.82) is 0 Å². The Morgan fingerprint density at radius 3 is 2.32 bits per heavy atom. The van der Waals surface area contributed by atoms with E-state index in [1.54, 1.807) is 0 Å². The molecular weight excluding hydrogens is 236 g/mol. The zero-order chi connectivity index (χ0) is 13.7. The molecule has 0 radical (unpaired) electrons. The first-order valence-corrected chi connectivity index (χ1v) is 7.30. The van der Waals surface area contributed by atoms with Gasteiger partial charge < -0.3 is 4.74 Å². The van der Waals surface area contributed by atoms with Crippen molar-refractivity contribution in [3.63, 3.8) is 0 Å². The van der Waals surface area contributed by atoms with Crippen molar-refractivity contribution < 1.29 is 4.74 Å². The van der Waals surface area contributed by atoms with E-state index in [0.29, 0.717) is 0 Å². The van der Waals surface area contributed by atoms with E-state index >= 15 is 0 Å². The topological polar surface area (TPSA) is 47.3 Å². The normalized spacial score (nSPS) is 20.8. The van der Waals surface area contributed by atoms with Gasteiger partial charge in [-0.05, 0) is 30.9 Å². The van der Waals surface area contributed by atoms with Gasteiger partial charge in [-0.3, -0.25) is 11.3 Å². The van der Waals surface area contributed by atoms with Crippen LogP contribution in [-0.4, -0.2) is 12.7 Å². The molecule has 0 heterocycles. The summed E-state index contributed by atoms with van der Waals surface area (Å²) in [6.45, 7) is 2.14. The molecule has 1 aliphatic carbocycles. The van der Waals surface area contributed by atoms with E-state index in [9.17, 15) is 0 Å². The van der Waals surface area contributed by atoms with Crippen molar-refractivity contribution in [2.45, 2.75) is 57.1 Å². The van der Waals surface area contributed by atoms with Crippen molar-refractivity contribution in [1.82, 2.24) is 5.43 Å². The van der Waals surface area contributed by atoms with E-state index in [2.05, 4.69) is 36.6 Å². The third-order valence-corrected chi connectivity index (χ3v) is 4.55. The summed E-state index contributed by atoms with van der Waals surface area (Å²) in [6.07, 6.45) is 7.20. The molecular formula is C16H26N2O. The van der Waals surface area contributed by atoms with Crippen LogP contribution in [0.2, 0.25) is 0 Å². The molecule has 2 rings (SSSR count). The largest absolute Gasteiger partial charge is 0.376 e. The van der Waals surface area contributed by atoms with Gasteiger partial charge in [-0.25, -0.2) is 0 Å². The molecule has 1 fully saturated rings. The summed E-state index contributed by atoms with van der Waals surface area (Å²) >= 11 is 0. The third-order valence-electron chi connectivity index (χ3n) is 4.55. The average Bonchev–Trinajstić information content (AvgIpc) is 2.68. The first-order valence-electron chi connectivity index (χ1n) is 7.30. The maximum atomic E-state index is 5.98. The Kier molecular flexibility index (Phi) is 4.97. The Hall–Kier alpha value is -0.900. The first kappa shape index (κ1) is 14.5. The molecule has 1 atom stereocenters. The number of rotatable bonds is 4. The fourth-order valence-electron chi connectivity index (χ4n) is 3.37. The molecule has 0 amide bonds. The number of benzene rings is 1. The smallest absolute Gasteiger partial charge is 0.0885 e. The van der Waals surface area contributed by atoms with Gasteiger partial charge in [0.1, 0.15) is 0 Å². The molecule has 0 aliphatic heterocycles. The molecule has 106 valence electrons. The third kappa shape index (κ3) is 2.99.